The first-order valence-corrected chi connectivity index (χ1v) is 26.9. The summed E-state index contributed by atoms with van der Waals surface area (Å²) in [5.74, 6) is 0.736. The smallest absolute Gasteiger partial charge is 0.330 e. The van der Waals surface area contributed by atoms with Crippen molar-refractivity contribution < 1.29 is 16.8 Å². The minimum Gasteiger partial charge on any atom is -0.369 e. The summed E-state index contributed by atoms with van der Waals surface area (Å²) in [6, 6.07) is 27.7. The van der Waals surface area contributed by atoms with Crippen LogP contribution in [0.15, 0.2) is 126 Å². The molecule has 4 N–H and O–H groups in total. The van der Waals surface area contributed by atoms with Gasteiger partial charge in [0, 0.05) is 98.0 Å². The number of hydrogen-bond acceptors (Lipinski definition) is 12. The van der Waals surface area contributed by atoms with Gasteiger partial charge in [0.2, 0.25) is 20.0 Å². The molecule has 24 heteroatoms. The first-order valence-electron chi connectivity index (χ1n) is 23.2. The number of H-pyrrole nitrogens is 4. The summed E-state index contributed by atoms with van der Waals surface area (Å²) >= 11 is 11.9. The summed E-state index contributed by atoms with van der Waals surface area (Å²) in [7, 11) is -7.34. The molecule has 0 atom stereocenters. The Morgan fingerprint density at radius 3 is 1.12 bits per heavy atom. The molecule has 0 bridgehead atoms. The highest BCUT2D eigenvalue weighted by atomic mass is 35.5. The fraction of sp³-hybridized carbons (Fsp3) is 0.292. The molecular weight excluding hydrogens is 1010 g/mol. The van der Waals surface area contributed by atoms with Crippen molar-refractivity contribution in [2.75, 3.05) is 62.2 Å². The van der Waals surface area contributed by atoms with Gasteiger partial charge in [-0.05, 0) is 110 Å². The average Bonchev–Trinajstić information content (AvgIpc) is 4.03. The van der Waals surface area contributed by atoms with Crippen LogP contribution in [0, 0.1) is 0 Å². The zero-order valence-corrected chi connectivity index (χ0v) is 42.3. The van der Waals surface area contributed by atoms with E-state index in [2.05, 4.69) is 39.7 Å². The highest BCUT2D eigenvalue weighted by Crippen LogP contribution is 2.27. The molecule has 4 aromatic heterocycles. The summed E-state index contributed by atoms with van der Waals surface area (Å²) < 4.78 is 58.1. The molecule has 2 aliphatic heterocycles. The van der Waals surface area contributed by atoms with Gasteiger partial charge in [-0.2, -0.15) is 8.61 Å². The number of fused-ring (bicyclic) bond motifs is 2. The van der Waals surface area contributed by atoms with Crippen molar-refractivity contribution in [1.82, 2.24) is 47.6 Å². The number of anilines is 2. The predicted octanol–water partition coefficient (Wildman–Crippen LogP) is 5.31. The molecule has 6 heterocycles. The molecule has 20 nitrogen and oxygen atoms in total. The topological polar surface area (TPSA) is 248 Å². The maximum absolute atomic E-state index is 13.2. The molecule has 2 saturated heterocycles. The molecule has 0 unspecified atom stereocenters. The summed E-state index contributed by atoms with van der Waals surface area (Å²) in [5, 5.41) is 1.32. The second kappa shape index (κ2) is 20.7. The maximum Gasteiger partial charge on any atom is 0.330 e. The predicted molar refractivity (Wildman–Crippen MR) is 278 cm³/mol. The minimum atomic E-state index is -3.67. The highest BCUT2D eigenvalue weighted by Gasteiger charge is 2.30. The lowest BCUT2D eigenvalue weighted by atomic mass is 10.2. The number of aromatic nitrogens is 8. The first-order chi connectivity index (χ1) is 34.5. The van der Waals surface area contributed by atoms with Crippen LogP contribution in [-0.2, 0) is 33.1 Å². The molecule has 376 valence electrons. The number of halogens is 2. The Hall–Kier alpha value is -6.82. The van der Waals surface area contributed by atoms with Crippen molar-refractivity contribution in [3.63, 3.8) is 0 Å². The Labute approximate surface area is 422 Å². The monoisotopic (exact) mass is 1060 g/mol. The fourth-order valence-corrected chi connectivity index (χ4v) is 11.8. The maximum atomic E-state index is 13.2. The molecule has 0 amide bonds. The molecule has 0 saturated carbocycles. The van der Waals surface area contributed by atoms with Crippen molar-refractivity contribution in [3.05, 3.63) is 149 Å². The van der Waals surface area contributed by atoms with Crippen LogP contribution >= 0.6 is 23.2 Å². The summed E-state index contributed by atoms with van der Waals surface area (Å²) in [4.78, 5) is 74.1. The summed E-state index contributed by atoms with van der Waals surface area (Å²) in [6.07, 6.45) is 1.28. The van der Waals surface area contributed by atoms with E-state index in [0.717, 1.165) is 20.5 Å². The quantitative estimate of drug-likeness (QED) is 0.122. The van der Waals surface area contributed by atoms with Gasteiger partial charge in [0.1, 0.15) is 22.7 Å². The minimum absolute atomic E-state index is 0.169. The molecule has 8 aromatic rings. The van der Waals surface area contributed by atoms with Crippen molar-refractivity contribution in [1.29, 1.82) is 0 Å². The second-order valence-electron chi connectivity index (χ2n) is 17.2. The molecule has 0 radical (unpaired) electrons. The van der Waals surface area contributed by atoms with Crippen molar-refractivity contribution in [2.45, 2.75) is 49.6 Å². The van der Waals surface area contributed by atoms with Gasteiger partial charge in [0.05, 0.1) is 9.79 Å². The third kappa shape index (κ3) is 10.1. The number of nitrogens with one attached hydrogen (secondary N) is 4. The Balaban J connectivity index is 0.000000178. The van der Waals surface area contributed by atoms with E-state index in [1.54, 1.807) is 24.3 Å². The van der Waals surface area contributed by atoms with Crippen molar-refractivity contribution in [3.8, 4) is 22.8 Å². The van der Waals surface area contributed by atoms with E-state index in [1.165, 1.54) is 32.9 Å². The summed E-state index contributed by atoms with van der Waals surface area (Å²) in [5.41, 5.74) is 2.06. The number of rotatable bonds is 12. The standard InChI is InChI=1S/2C24H25ClN6O4S/c2*1-2-11-31-23(32)20-22(28-24(31)33)27-21(26-20)16-3-9-19(10-4-16)36(34,35)30-14-12-29(13-15-30)18-7-5-17(25)6-8-18/h2*3-10H,2,11-15H2,1H3,(H,26,27)(H,28,33). The number of piperazine rings is 2. The van der Waals surface area contributed by atoms with E-state index >= 15 is 0 Å². The van der Waals surface area contributed by atoms with Gasteiger partial charge in [-0.15, -0.1) is 0 Å². The zero-order valence-electron chi connectivity index (χ0n) is 39.1. The molecule has 0 aliphatic carbocycles. The largest absolute Gasteiger partial charge is 0.369 e. The number of nitrogens with zero attached hydrogens (tertiary/aromatic N) is 8. The van der Waals surface area contributed by atoms with Crippen LogP contribution in [0.5, 0.6) is 0 Å². The Morgan fingerprint density at radius 1 is 0.472 bits per heavy atom. The Morgan fingerprint density at radius 2 is 0.806 bits per heavy atom. The van der Waals surface area contributed by atoms with E-state index in [9.17, 15) is 36.0 Å². The van der Waals surface area contributed by atoms with Crippen LogP contribution < -0.4 is 32.3 Å². The van der Waals surface area contributed by atoms with E-state index in [-0.39, 0.29) is 32.1 Å². The fourth-order valence-electron chi connectivity index (χ4n) is 8.70. The van der Waals surface area contributed by atoms with Crippen LogP contribution in [0.3, 0.4) is 0 Å². The number of hydrogen-bond donors (Lipinski definition) is 4. The molecule has 2 aliphatic rings. The number of aromatic amines is 4. The lowest BCUT2D eigenvalue weighted by Gasteiger charge is -2.35. The van der Waals surface area contributed by atoms with Gasteiger partial charge in [0.25, 0.3) is 11.1 Å². The van der Waals surface area contributed by atoms with Crippen LogP contribution in [0.1, 0.15) is 26.7 Å². The number of imidazole rings is 2. The van der Waals surface area contributed by atoms with E-state index in [0.29, 0.717) is 111 Å². The Kier molecular flexibility index (Phi) is 14.4. The van der Waals surface area contributed by atoms with Crippen molar-refractivity contribution >= 4 is 77.0 Å². The van der Waals surface area contributed by atoms with Crippen molar-refractivity contribution in [2.24, 2.45) is 0 Å². The molecular formula is C48H50Cl2N12O8S2. The van der Waals surface area contributed by atoms with E-state index < -0.39 is 42.5 Å². The molecule has 10 rings (SSSR count). The molecule has 72 heavy (non-hydrogen) atoms. The molecule has 2 fully saturated rings. The third-order valence-corrected chi connectivity index (χ3v) is 16.9. The van der Waals surface area contributed by atoms with Gasteiger partial charge in [-0.3, -0.25) is 28.7 Å². The van der Waals surface area contributed by atoms with Crippen LogP contribution in [-0.4, -0.2) is 117 Å². The SMILES string of the molecule is CCCn1c(=O)[nH]c2nc(-c3ccc(S(=O)(=O)N4CCN(c5ccc(Cl)cc5)CC4)cc3)[nH]c2c1=O.CCCn1c(=O)[nH]c2nc(-c3ccc(S(=O)(=O)N4CCN(c5ccc(Cl)cc5)CC4)cc3)[nH]c2c1=O. The molecule has 4 aromatic carbocycles. The molecule has 0 spiro atoms. The van der Waals surface area contributed by atoms with E-state index in [1.807, 2.05) is 62.4 Å². The van der Waals surface area contributed by atoms with Gasteiger partial charge in [-0.25, -0.2) is 36.4 Å². The van der Waals surface area contributed by atoms with Gasteiger partial charge < -0.3 is 19.8 Å². The summed E-state index contributed by atoms with van der Waals surface area (Å²) in [6.45, 7) is 8.14. The number of benzene rings is 4. The van der Waals surface area contributed by atoms with Gasteiger partial charge >= 0.3 is 11.4 Å². The van der Waals surface area contributed by atoms with Gasteiger partial charge in [-0.1, -0.05) is 37.0 Å². The van der Waals surface area contributed by atoms with Gasteiger partial charge in [0.15, 0.2) is 11.3 Å². The highest BCUT2D eigenvalue weighted by molar-refractivity contribution is 7.89. The average molecular weight is 1060 g/mol. The lowest BCUT2D eigenvalue weighted by Crippen LogP contribution is -2.48. The second-order valence-corrected chi connectivity index (χ2v) is 21.9. The zero-order chi connectivity index (χ0) is 50.9. The lowest BCUT2D eigenvalue weighted by molar-refractivity contribution is 0.384. The first kappa shape index (κ1) is 50.1. The third-order valence-electron chi connectivity index (χ3n) is 12.6. The normalized spacial score (nSPS) is 15.0. The van der Waals surface area contributed by atoms with E-state index in [4.69, 9.17) is 23.2 Å². The van der Waals surface area contributed by atoms with Crippen LogP contribution in [0.2, 0.25) is 10.0 Å². The van der Waals surface area contributed by atoms with Crippen LogP contribution in [0.4, 0.5) is 11.4 Å². The van der Waals surface area contributed by atoms with Crippen LogP contribution in [0.25, 0.3) is 45.1 Å². The number of sulfonamides is 2. The Bertz CT molecular complexity index is 3480.